The lowest BCUT2D eigenvalue weighted by Crippen LogP contribution is -2.14. The molecule has 0 bridgehead atoms. The lowest BCUT2D eigenvalue weighted by atomic mass is 10.2. The molecule has 3 aromatic rings. The van der Waals surface area contributed by atoms with E-state index in [-0.39, 0.29) is 29.3 Å². The van der Waals surface area contributed by atoms with Gasteiger partial charge in [-0.3, -0.25) is 9.59 Å². The van der Waals surface area contributed by atoms with Gasteiger partial charge in [0.2, 0.25) is 5.91 Å². The first-order valence-corrected chi connectivity index (χ1v) is 8.17. The molecule has 0 saturated carbocycles. The number of rotatable bonds is 5. The number of nitrogens with one attached hydrogen (secondary N) is 2. The highest BCUT2D eigenvalue weighted by Gasteiger charge is 2.08. The molecular formula is C18H16ClN3O3. The van der Waals surface area contributed by atoms with Crippen molar-refractivity contribution in [3.8, 4) is 5.75 Å². The van der Waals surface area contributed by atoms with Crippen LogP contribution >= 0.6 is 11.6 Å². The zero-order valence-corrected chi connectivity index (χ0v) is 14.0. The topological polar surface area (TPSA) is 95.1 Å². The van der Waals surface area contributed by atoms with Gasteiger partial charge in [-0.15, -0.1) is 0 Å². The van der Waals surface area contributed by atoms with Crippen LogP contribution in [-0.2, 0) is 11.2 Å². The number of phenols is 1. The van der Waals surface area contributed by atoms with Gasteiger partial charge in [-0.2, -0.15) is 0 Å². The molecule has 0 unspecified atom stereocenters. The van der Waals surface area contributed by atoms with Crippen molar-refractivity contribution in [1.82, 2.24) is 9.97 Å². The largest absolute Gasteiger partial charge is 0.506 e. The molecule has 1 amide bonds. The van der Waals surface area contributed by atoms with Crippen LogP contribution in [0, 0.1) is 0 Å². The number of anilines is 1. The minimum Gasteiger partial charge on any atom is -0.506 e. The molecule has 6 nitrogen and oxygen atoms in total. The zero-order valence-electron chi connectivity index (χ0n) is 13.3. The summed E-state index contributed by atoms with van der Waals surface area (Å²) in [6.45, 7) is 0. The Kier molecular flexibility index (Phi) is 5.00. The summed E-state index contributed by atoms with van der Waals surface area (Å²) in [4.78, 5) is 31.1. The normalized spacial score (nSPS) is 10.8. The molecule has 0 aliphatic heterocycles. The molecule has 0 atom stereocenters. The van der Waals surface area contributed by atoms with Gasteiger partial charge in [0.15, 0.2) is 0 Å². The molecule has 7 heteroatoms. The van der Waals surface area contributed by atoms with Gasteiger partial charge in [-0.05, 0) is 36.8 Å². The van der Waals surface area contributed by atoms with E-state index in [1.54, 1.807) is 18.2 Å². The summed E-state index contributed by atoms with van der Waals surface area (Å²) in [5, 5.41) is 13.3. The molecular weight excluding hydrogens is 342 g/mol. The van der Waals surface area contributed by atoms with Crippen molar-refractivity contribution in [2.24, 2.45) is 0 Å². The van der Waals surface area contributed by atoms with Gasteiger partial charge in [0, 0.05) is 17.9 Å². The van der Waals surface area contributed by atoms with E-state index in [4.69, 9.17) is 11.6 Å². The average Bonchev–Trinajstić information content (AvgIpc) is 2.58. The van der Waals surface area contributed by atoms with Crippen LogP contribution in [0.4, 0.5) is 5.69 Å². The fraction of sp³-hybridized carbons (Fsp3) is 0.167. The third kappa shape index (κ3) is 4.16. The Hall–Kier alpha value is -2.86. The summed E-state index contributed by atoms with van der Waals surface area (Å²) in [5.74, 6) is 0.251. The predicted molar refractivity (Wildman–Crippen MR) is 97.0 cm³/mol. The van der Waals surface area contributed by atoms with Crippen molar-refractivity contribution in [3.05, 3.63) is 63.7 Å². The summed E-state index contributed by atoms with van der Waals surface area (Å²) >= 11 is 5.84. The lowest BCUT2D eigenvalue weighted by molar-refractivity contribution is -0.116. The molecule has 2 aromatic carbocycles. The molecule has 0 saturated heterocycles. The Labute approximate surface area is 148 Å². The number of hydrogen-bond donors (Lipinski definition) is 3. The minimum absolute atomic E-state index is 0.0433. The number of para-hydroxylation sites is 1. The van der Waals surface area contributed by atoms with Crippen molar-refractivity contribution in [2.75, 3.05) is 5.32 Å². The number of aromatic amines is 1. The number of H-pyrrole nitrogens is 1. The number of fused-ring (bicyclic) bond motifs is 1. The van der Waals surface area contributed by atoms with Crippen LogP contribution in [0.3, 0.4) is 0 Å². The number of benzene rings is 2. The summed E-state index contributed by atoms with van der Waals surface area (Å²) in [7, 11) is 0. The number of halogens is 1. The van der Waals surface area contributed by atoms with Crippen LogP contribution in [0.1, 0.15) is 18.7 Å². The highest BCUT2D eigenvalue weighted by molar-refractivity contribution is 6.31. The molecule has 128 valence electrons. The average molecular weight is 358 g/mol. The lowest BCUT2D eigenvalue weighted by Gasteiger charge is -2.08. The van der Waals surface area contributed by atoms with Crippen molar-refractivity contribution in [3.63, 3.8) is 0 Å². The van der Waals surface area contributed by atoms with Crippen LogP contribution in [0.25, 0.3) is 10.9 Å². The second-order valence-corrected chi connectivity index (χ2v) is 6.03. The number of aromatic nitrogens is 2. The fourth-order valence-corrected chi connectivity index (χ4v) is 2.66. The highest BCUT2D eigenvalue weighted by Crippen LogP contribution is 2.26. The van der Waals surface area contributed by atoms with Crippen molar-refractivity contribution >= 4 is 34.1 Å². The van der Waals surface area contributed by atoms with E-state index in [0.717, 1.165) is 0 Å². The van der Waals surface area contributed by atoms with Gasteiger partial charge in [-0.25, -0.2) is 4.98 Å². The van der Waals surface area contributed by atoms with E-state index in [1.165, 1.54) is 18.2 Å². The van der Waals surface area contributed by atoms with Gasteiger partial charge in [0.25, 0.3) is 5.56 Å². The smallest absolute Gasteiger partial charge is 0.258 e. The standard InChI is InChI=1S/C18H16ClN3O3/c19-11-8-9-15(23)14(10-11)21-17(24)7-3-6-16-20-13-5-2-1-4-12(13)18(25)22-16/h1-2,4-5,8-10,23H,3,6-7H2,(H,21,24)(H,20,22,25). The molecule has 0 radical (unpaired) electrons. The van der Waals surface area contributed by atoms with Gasteiger partial charge < -0.3 is 15.4 Å². The van der Waals surface area contributed by atoms with Crippen LogP contribution in [0.15, 0.2) is 47.3 Å². The molecule has 3 rings (SSSR count). The number of carbonyl (C=O) groups is 1. The Morgan fingerprint density at radius 3 is 2.88 bits per heavy atom. The third-order valence-corrected chi connectivity index (χ3v) is 3.95. The van der Waals surface area contributed by atoms with E-state index in [0.29, 0.717) is 34.6 Å². The first kappa shape index (κ1) is 17.0. The molecule has 0 spiro atoms. The number of aromatic hydroxyl groups is 1. The van der Waals surface area contributed by atoms with Crippen molar-refractivity contribution < 1.29 is 9.90 Å². The molecule has 0 aliphatic rings. The van der Waals surface area contributed by atoms with Crippen molar-refractivity contribution in [2.45, 2.75) is 19.3 Å². The van der Waals surface area contributed by atoms with Crippen LogP contribution in [0.2, 0.25) is 5.02 Å². The van der Waals surface area contributed by atoms with Crippen LogP contribution in [0.5, 0.6) is 5.75 Å². The molecule has 0 fully saturated rings. The molecule has 3 N–H and O–H groups in total. The summed E-state index contributed by atoms with van der Waals surface area (Å²) < 4.78 is 0. The van der Waals surface area contributed by atoms with Crippen LogP contribution in [-0.4, -0.2) is 21.0 Å². The van der Waals surface area contributed by atoms with Crippen LogP contribution < -0.4 is 10.9 Å². The van der Waals surface area contributed by atoms with Crippen molar-refractivity contribution in [1.29, 1.82) is 0 Å². The Morgan fingerprint density at radius 1 is 1.24 bits per heavy atom. The number of phenolic OH excluding ortho intramolecular Hbond substituents is 1. The summed E-state index contributed by atoms with van der Waals surface area (Å²) in [6.07, 6.45) is 1.20. The first-order valence-electron chi connectivity index (χ1n) is 7.79. The summed E-state index contributed by atoms with van der Waals surface area (Å²) in [5.41, 5.74) is 0.721. The number of nitrogens with zero attached hydrogens (tertiary/aromatic N) is 1. The van der Waals surface area contributed by atoms with Gasteiger partial charge in [-0.1, -0.05) is 23.7 Å². The molecule has 1 heterocycles. The minimum atomic E-state index is -0.249. The quantitative estimate of drug-likeness (QED) is 0.611. The number of carbonyl (C=O) groups excluding carboxylic acids is 1. The maximum absolute atomic E-state index is 12.0. The van der Waals surface area contributed by atoms with E-state index in [1.807, 2.05) is 6.07 Å². The number of amides is 1. The molecule has 0 aliphatic carbocycles. The van der Waals surface area contributed by atoms with E-state index < -0.39 is 0 Å². The first-order chi connectivity index (χ1) is 12.0. The number of hydrogen-bond acceptors (Lipinski definition) is 4. The van der Waals surface area contributed by atoms with E-state index in [2.05, 4.69) is 15.3 Å². The maximum atomic E-state index is 12.0. The van der Waals surface area contributed by atoms with E-state index >= 15 is 0 Å². The monoisotopic (exact) mass is 357 g/mol. The van der Waals surface area contributed by atoms with E-state index in [9.17, 15) is 14.7 Å². The van der Waals surface area contributed by atoms with Gasteiger partial charge in [0.1, 0.15) is 11.6 Å². The maximum Gasteiger partial charge on any atom is 0.258 e. The predicted octanol–water partition coefficient (Wildman–Crippen LogP) is 3.24. The zero-order chi connectivity index (χ0) is 17.8. The SMILES string of the molecule is O=C(CCCc1nc2ccccc2c(=O)[nH]1)Nc1cc(Cl)ccc1O. The Balaban J connectivity index is 1.60. The van der Waals surface area contributed by atoms with Gasteiger partial charge >= 0.3 is 0 Å². The summed E-state index contributed by atoms with van der Waals surface area (Å²) in [6, 6.07) is 11.5. The molecule has 1 aromatic heterocycles. The molecule has 25 heavy (non-hydrogen) atoms. The Morgan fingerprint density at radius 2 is 2.04 bits per heavy atom. The second-order valence-electron chi connectivity index (χ2n) is 5.59. The Bertz CT molecular complexity index is 985. The third-order valence-electron chi connectivity index (χ3n) is 3.71. The number of aryl methyl sites for hydroxylation is 1. The fourth-order valence-electron chi connectivity index (χ4n) is 2.49. The highest BCUT2D eigenvalue weighted by atomic mass is 35.5. The second kappa shape index (κ2) is 7.36. The van der Waals surface area contributed by atoms with Gasteiger partial charge in [0.05, 0.1) is 16.6 Å².